The Labute approximate surface area is 446 Å². The summed E-state index contributed by atoms with van der Waals surface area (Å²) in [6.45, 7) is 7.92. The number of rotatable bonds is 17. The quantitative estimate of drug-likeness (QED) is 0.0415. The molecule has 0 saturated carbocycles. The molecule has 0 saturated heterocycles. The zero-order valence-electron chi connectivity index (χ0n) is 42.0. The summed E-state index contributed by atoms with van der Waals surface area (Å²) in [5.74, 6) is -0.00612. The number of nitrogens with one attached hydrogen (secondary N) is 5. The molecular weight excluding hydrogens is 1090 g/mol. The minimum Gasteiger partial charge on any atom is -0.481 e. The minimum atomic E-state index is -4.46. The molecule has 0 fully saturated rings. The third kappa shape index (κ3) is 19.4. The number of carboxylic acids is 1. The zero-order valence-corrected chi connectivity index (χ0v) is 45.3. The lowest BCUT2D eigenvalue weighted by Gasteiger charge is -2.19. The number of carboxylic acid groups (broad SMARTS) is 1. The Hall–Kier alpha value is -7.32. The van der Waals surface area contributed by atoms with Crippen molar-refractivity contribution in [1.29, 1.82) is 0 Å². The molecule has 1 aliphatic carbocycles. The molecule has 4 aromatic rings. The molecule has 412 valence electrons. The van der Waals surface area contributed by atoms with E-state index in [2.05, 4.69) is 57.1 Å². The van der Waals surface area contributed by atoms with Gasteiger partial charge in [0.25, 0.3) is 27.7 Å². The number of pyridine rings is 1. The fourth-order valence-electron chi connectivity index (χ4n) is 6.16. The molecule has 3 aromatic heterocycles. The molecule has 1 atom stereocenters. The SMILES string of the molecule is C#CC(C)Oc1cc(N2C(=O)C3=C(CCCC3)C2=O)c(F)cc1Cl.CCNc1nc(Cl)nc(NC(C)C)n1.COc1cc(OC)nc(NC(=O)NS(=O)(=O)c2ncccc2C(=O)N(C)C)n1.O=C(O)CNCP(=O)(O)O. The van der Waals surface area contributed by atoms with Crippen molar-refractivity contribution in [3.63, 3.8) is 0 Å². The third-order valence-electron chi connectivity index (χ3n) is 9.34. The second-order valence-corrected chi connectivity index (χ2v) is 19.9. The first-order valence-corrected chi connectivity index (χ1v) is 26.3. The van der Waals surface area contributed by atoms with E-state index in [1.165, 1.54) is 63.7 Å². The van der Waals surface area contributed by atoms with Gasteiger partial charge in [-0.1, -0.05) is 17.5 Å². The topological polar surface area (TPSA) is 369 Å². The van der Waals surface area contributed by atoms with Crippen LogP contribution < -0.4 is 45.1 Å². The van der Waals surface area contributed by atoms with Crippen LogP contribution in [0.2, 0.25) is 10.3 Å². The van der Waals surface area contributed by atoms with Crippen LogP contribution in [0, 0.1) is 18.2 Å². The number of benzene rings is 1. The maximum Gasteiger partial charge on any atom is 0.339 e. The molecule has 32 heteroatoms. The number of hydrogen-bond donors (Lipinski definition) is 8. The first kappa shape index (κ1) is 63.0. The molecule has 1 unspecified atom stereocenters. The Morgan fingerprint density at radius 1 is 0.947 bits per heavy atom. The number of carbonyl (C=O) groups is 5. The molecule has 0 spiro atoms. The lowest BCUT2D eigenvalue weighted by atomic mass is 9.93. The Balaban J connectivity index is 0.000000286. The van der Waals surface area contributed by atoms with Crippen LogP contribution in [0.5, 0.6) is 17.5 Å². The molecule has 2 aliphatic rings. The van der Waals surface area contributed by atoms with E-state index in [0.29, 0.717) is 35.9 Å². The van der Waals surface area contributed by atoms with Crippen molar-refractivity contribution in [2.45, 2.75) is 70.6 Å². The van der Waals surface area contributed by atoms with Crippen molar-refractivity contribution in [1.82, 2.24) is 44.8 Å². The normalized spacial score (nSPS) is 13.2. The number of carbonyl (C=O) groups excluding carboxylic acids is 4. The molecule has 27 nitrogen and oxygen atoms in total. The van der Waals surface area contributed by atoms with Gasteiger partial charge in [-0.2, -0.15) is 33.3 Å². The molecule has 8 N–H and O–H groups in total. The first-order chi connectivity index (χ1) is 35.6. The average molecular weight is 1140 g/mol. The van der Waals surface area contributed by atoms with Crippen LogP contribution in [0.3, 0.4) is 0 Å². The van der Waals surface area contributed by atoms with Gasteiger partial charge in [0, 0.05) is 50.1 Å². The second-order valence-electron chi connectivity index (χ2n) is 15.9. The summed E-state index contributed by atoms with van der Waals surface area (Å²) in [7, 11) is -2.94. The Bertz CT molecular complexity index is 2950. The van der Waals surface area contributed by atoms with Crippen molar-refractivity contribution in [3.05, 3.63) is 69.4 Å². The smallest absolute Gasteiger partial charge is 0.339 e. The van der Waals surface area contributed by atoms with E-state index in [-0.39, 0.29) is 51.1 Å². The molecular formula is C44H55Cl2FN13O14PS. The molecule has 4 heterocycles. The number of methoxy groups -OCH3 is 2. The summed E-state index contributed by atoms with van der Waals surface area (Å²) >= 11 is 11.7. The fourth-order valence-corrected chi connectivity index (χ4v) is 7.95. The van der Waals surface area contributed by atoms with Gasteiger partial charge in [-0.25, -0.2) is 23.8 Å². The van der Waals surface area contributed by atoms with Crippen molar-refractivity contribution < 1.29 is 70.4 Å². The number of halogens is 3. The fraction of sp³-hybridized carbons (Fsp3) is 0.386. The van der Waals surface area contributed by atoms with Crippen molar-refractivity contribution in [3.8, 4) is 29.9 Å². The number of amides is 5. The van der Waals surface area contributed by atoms with Gasteiger partial charge in [-0.05, 0) is 83.2 Å². The highest BCUT2D eigenvalue weighted by Crippen LogP contribution is 2.40. The lowest BCUT2D eigenvalue weighted by Crippen LogP contribution is -2.36. The summed E-state index contributed by atoms with van der Waals surface area (Å²) in [6.07, 6.45) is 8.06. The van der Waals surface area contributed by atoms with Gasteiger partial charge in [0.05, 0.1) is 49.4 Å². The van der Waals surface area contributed by atoms with E-state index < -0.39 is 77.1 Å². The molecule has 1 aliphatic heterocycles. The van der Waals surface area contributed by atoms with Crippen LogP contribution in [0.15, 0.2) is 52.7 Å². The van der Waals surface area contributed by atoms with E-state index >= 15 is 0 Å². The van der Waals surface area contributed by atoms with Gasteiger partial charge in [0.2, 0.25) is 34.9 Å². The summed E-state index contributed by atoms with van der Waals surface area (Å²) in [6, 6.07) is 5.44. The number of nitrogens with zero attached hydrogens (tertiary/aromatic N) is 8. The number of terminal acetylenes is 1. The van der Waals surface area contributed by atoms with Gasteiger partial charge in [0.15, 0.2) is 11.1 Å². The van der Waals surface area contributed by atoms with Crippen LogP contribution >= 0.6 is 30.8 Å². The molecule has 0 bridgehead atoms. The van der Waals surface area contributed by atoms with Gasteiger partial charge in [-0.15, -0.1) is 6.42 Å². The standard InChI is InChI=1S/C18H15ClFNO3.C15H18N6O6S.C8H14ClN5.C3H8NO5P/c1-3-10(2)24-16-9-15(14(20)8-13(16)19)21-17(22)11-6-4-5-7-12(11)18(21)23;1-21(2)13(22)9-6-5-7-16-12(9)28(24,25)20-15(23)19-14-17-10(26-3)8-11(18-14)27-4;1-4-10-7-12-6(9)13-8(14-7)11-5(2)3;5-3(6)1-4-2-10(7,8)9/h1,8-10H,4-7H2,2H3;5-8H,1-4H3,(H2,17,18,19,20,23);5H,4H2,1-3H3,(H2,10,11,12,13,14);4H,1-2H2,(H,5,6)(H2,7,8,9). The number of aromatic nitrogens is 6. The average Bonchev–Trinajstić information content (AvgIpc) is 3.59. The van der Waals surface area contributed by atoms with Crippen LogP contribution in [-0.4, -0.2) is 148 Å². The number of sulfonamides is 1. The van der Waals surface area contributed by atoms with Crippen molar-refractivity contribution in [2.75, 3.05) is 68.5 Å². The highest BCUT2D eigenvalue weighted by molar-refractivity contribution is 7.90. The summed E-state index contributed by atoms with van der Waals surface area (Å²) < 4.78 is 66.6. The largest absolute Gasteiger partial charge is 0.481 e. The number of aliphatic carboxylic acids is 1. The number of urea groups is 1. The second kappa shape index (κ2) is 29.1. The van der Waals surface area contributed by atoms with E-state index in [1.807, 2.05) is 20.8 Å². The molecule has 1 aromatic carbocycles. The van der Waals surface area contributed by atoms with E-state index in [1.54, 1.807) is 11.6 Å². The van der Waals surface area contributed by atoms with Crippen LogP contribution in [-0.2, 0) is 29.0 Å². The van der Waals surface area contributed by atoms with E-state index in [0.717, 1.165) is 30.4 Å². The van der Waals surface area contributed by atoms with Gasteiger partial charge >= 0.3 is 19.6 Å². The molecule has 5 amide bonds. The summed E-state index contributed by atoms with van der Waals surface area (Å²) in [5.41, 5.74) is 0.621. The van der Waals surface area contributed by atoms with Gasteiger partial charge < -0.3 is 44.6 Å². The molecule has 6 rings (SSSR count). The highest BCUT2D eigenvalue weighted by atomic mass is 35.5. The van der Waals surface area contributed by atoms with Gasteiger partial charge in [-0.3, -0.25) is 34.4 Å². The van der Waals surface area contributed by atoms with Gasteiger partial charge in [0.1, 0.15) is 11.6 Å². The predicted molar refractivity (Wildman–Crippen MR) is 275 cm³/mol. The maximum absolute atomic E-state index is 14.4. The predicted octanol–water partition coefficient (Wildman–Crippen LogP) is 4.30. The first-order valence-electron chi connectivity index (χ1n) is 22.2. The van der Waals surface area contributed by atoms with Crippen LogP contribution in [0.4, 0.5) is 32.7 Å². The minimum absolute atomic E-state index is 0.0233. The zero-order chi connectivity index (χ0) is 57.1. The monoisotopic (exact) mass is 1140 g/mol. The van der Waals surface area contributed by atoms with E-state index in [4.69, 9.17) is 58.7 Å². The third-order valence-corrected chi connectivity index (χ3v) is 11.7. The van der Waals surface area contributed by atoms with Crippen molar-refractivity contribution >= 4 is 94.1 Å². The summed E-state index contributed by atoms with van der Waals surface area (Å²) in [5, 5.41) is 17.9. The Morgan fingerprint density at radius 3 is 2.05 bits per heavy atom. The number of imide groups is 1. The lowest BCUT2D eigenvalue weighted by molar-refractivity contribution is -0.136. The van der Waals surface area contributed by atoms with E-state index in [9.17, 15) is 41.3 Å². The molecule has 0 radical (unpaired) electrons. The number of anilines is 4. The highest BCUT2D eigenvalue weighted by Gasteiger charge is 2.41. The van der Waals surface area contributed by atoms with Crippen LogP contribution in [0.25, 0.3) is 0 Å². The number of hydrogen-bond acceptors (Lipinski definition) is 20. The Morgan fingerprint density at radius 2 is 1.54 bits per heavy atom. The summed E-state index contributed by atoms with van der Waals surface area (Å²) in [4.78, 5) is 101. The van der Waals surface area contributed by atoms with Crippen molar-refractivity contribution in [2.24, 2.45) is 0 Å². The molecule has 76 heavy (non-hydrogen) atoms. The number of ether oxygens (including phenoxy) is 3. The maximum atomic E-state index is 14.4. The Kier molecular flexibility index (Phi) is 24.1. The van der Waals surface area contributed by atoms with Crippen LogP contribution in [0.1, 0.15) is 63.7 Å².